The Balaban J connectivity index is 2.86. The molecular weight excluding hydrogens is 258 g/mol. The van der Waals surface area contributed by atoms with E-state index in [0.717, 1.165) is 19.6 Å². The second-order valence-electron chi connectivity index (χ2n) is 7.00. The zero-order valence-corrected chi connectivity index (χ0v) is 14.7. The summed E-state index contributed by atoms with van der Waals surface area (Å²) in [4.78, 5) is 4.69. The first-order chi connectivity index (χ1) is 9.80. The molecule has 0 aliphatic heterocycles. The van der Waals surface area contributed by atoms with Gasteiger partial charge in [0.05, 0.1) is 0 Å². The van der Waals surface area contributed by atoms with Gasteiger partial charge in [0.1, 0.15) is 0 Å². The minimum atomic E-state index is 0.160. The molecule has 1 rings (SSSR count). The quantitative estimate of drug-likeness (QED) is 0.795. The van der Waals surface area contributed by atoms with Crippen molar-refractivity contribution in [3.8, 4) is 0 Å². The average Bonchev–Trinajstić information content (AvgIpc) is 2.46. The lowest BCUT2D eigenvalue weighted by Crippen LogP contribution is -2.40. The fraction of sp³-hybridized carbons (Fsp3) is 0.667. The highest BCUT2D eigenvalue weighted by molar-refractivity contribution is 5.46. The van der Waals surface area contributed by atoms with Crippen LogP contribution in [0.3, 0.4) is 0 Å². The SMILES string of the molecule is CCCN(CC(C)(C)CN)C(C)c1ccc(N(C)C)cc1. The van der Waals surface area contributed by atoms with Crippen molar-refractivity contribution in [1.29, 1.82) is 0 Å². The maximum atomic E-state index is 5.91. The van der Waals surface area contributed by atoms with Crippen molar-refractivity contribution in [3.63, 3.8) is 0 Å². The van der Waals surface area contributed by atoms with Crippen molar-refractivity contribution >= 4 is 5.69 Å². The Kier molecular flexibility index (Phi) is 6.69. The Morgan fingerprint density at radius 2 is 1.71 bits per heavy atom. The van der Waals surface area contributed by atoms with Gasteiger partial charge >= 0.3 is 0 Å². The highest BCUT2D eigenvalue weighted by Crippen LogP contribution is 2.26. The molecule has 120 valence electrons. The van der Waals surface area contributed by atoms with E-state index < -0.39 is 0 Å². The van der Waals surface area contributed by atoms with Crippen LogP contribution in [0, 0.1) is 5.41 Å². The van der Waals surface area contributed by atoms with Crippen LogP contribution in [0.15, 0.2) is 24.3 Å². The fourth-order valence-corrected chi connectivity index (χ4v) is 2.57. The van der Waals surface area contributed by atoms with Gasteiger partial charge in [0.2, 0.25) is 0 Å². The maximum Gasteiger partial charge on any atom is 0.0361 e. The van der Waals surface area contributed by atoms with Crippen LogP contribution in [0.5, 0.6) is 0 Å². The molecule has 3 nitrogen and oxygen atoms in total. The summed E-state index contributed by atoms with van der Waals surface area (Å²) in [5, 5.41) is 0. The molecule has 0 fully saturated rings. The van der Waals surface area contributed by atoms with E-state index in [1.165, 1.54) is 17.7 Å². The van der Waals surface area contributed by atoms with Gasteiger partial charge in [-0.3, -0.25) is 4.90 Å². The molecule has 0 saturated heterocycles. The Morgan fingerprint density at radius 3 is 2.14 bits per heavy atom. The molecule has 0 bridgehead atoms. The molecule has 3 heteroatoms. The minimum absolute atomic E-state index is 0.160. The highest BCUT2D eigenvalue weighted by atomic mass is 15.2. The molecule has 1 atom stereocenters. The molecule has 1 aromatic rings. The van der Waals surface area contributed by atoms with Crippen LogP contribution in [-0.4, -0.2) is 38.6 Å². The molecular formula is C18H33N3. The molecule has 0 aliphatic rings. The van der Waals surface area contributed by atoms with Gasteiger partial charge in [-0.05, 0) is 49.5 Å². The van der Waals surface area contributed by atoms with Crippen molar-refractivity contribution in [3.05, 3.63) is 29.8 Å². The summed E-state index contributed by atoms with van der Waals surface area (Å²) < 4.78 is 0. The summed E-state index contributed by atoms with van der Waals surface area (Å²) in [5.74, 6) is 0. The lowest BCUT2D eigenvalue weighted by atomic mass is 9.91. The number of hydrogen-bond donors (Lipinski definition) is 1. The Labute approximate surface area is 131 Å². The molecule has 0 radical (unpaired) electrons. The molecule has 0 spiro atoms. The number of anilines is 1. The summed E-state index contributed by atoms with van der Waals surface area (Å²) in [6.45, 7) is 11.9. The van der Waals surface area contributed by atoms with Crippen molar-refractivity contribution in [2.45, 2.75) is 40.2 Å². The first-order valence-corrected chi connectivity index (χ1v) is 8.02. The van der Waals surface area contributed by atoms with Crippen LogP contribution in [0.1, 0.15) is 45.7 Å². The van der Waals surface area contributed by atoms with E-state index in [9.17, 15) is 0 Å². The standard InChI is InChI=1S/C18H33N3/c1-7-12-21(14-18(3,4)13-19)15(2)16-8-10-17(11-9-16)20(5)6/h8-11,15H,7,12-14,19H2,1-6H3. The number of nitrogens with zero attached hydrogens (tertiary/aromatic N) is 2. The Bertz CT molecular complexity index is 409. The lowest BCUT2D eigenvalue weighted by Gasteiger charge is -2.36. The van der Waals surface area contributed by atoms with E-state index in [0.29, 0.717) is 6.04 Å². The van der Waals surface area contributed by atoms with Crippen molar-refractivity contribution in [1.82, 2.24) is 4.90 Å². The van der Waals surface area contributed by atoms with Crippen LogP contribution < -0.4 is 10.6 Å². The van der Waals surface area contributed by atoms with Gasteiger partial charge in [-0.1, -0.05) is 32.9 Å². The summed E-state index contributed by atoms with van der Waals surface area (Å²) in [6.07, 6.45) is 1.17. The highest BCUT2D eigenvalue weighted by Gasteiger charge is 2.23. The third-order valence-electron chi connectivity index (χ3n) is 4.13. The predicted octanol–water partition coefficient (Wildman–Crippen LogP) is 3.51. The van der Waals surface area contributed by atoms with E-state index in [1.807, 2.05) is 0 Å². The summed E-state index contributed by atoms with van der Waals surface area (Å²) in [6, 6.07) is 9.32. The second-order valence-corrected chi connectivity index (χ2v) is 7.00. The fourth-order valence-electron chi connectivity index (χ4n) is 2.57. The van der Waals surface area contributed by atoms with E-state index >= 15 is 0 Å². The van der Waals surface area contributed by atoms with Gasteiger partial charge in [0, 0.05) is 32.4 Å². The monoisotopic (exact) mass is 291 g/mol. The van der Waals surface area contributed by atoms with Gasteiger partial charge in [-0.15, -0.1) is 0 Å². The van der Waals surface area contributed by atoms with Gasteiger partial charge in [-0.25, -0.2) is 0 Å². The normalized spacial score (nSPS) is 13.5. The molecule has 0 amide bonds. The van der Waals surface area contributed by atoms with Crippen LogP contribution in [0.25, 0.3) is 0 Å². The van der Waals surface area contributed by atoms with E-state index in [2.05, 4.69) is 75.9 Å². The second kappa shape index (κ2) is 7.81. The zero-order valence-electron chi connectivity index (χ0n) is 14.7. The number of rotatable bonds is 8. The van der Waals surface area contributed by atoms with Gasteiger partial charge in [0.15, 0.2) is 0 Å². The smallest absolute Gasteiger partial charge is 0.0361 e. The third-order valence-corrected chi connectivity index (χ3v) is 4.13. The first kappa shape index (κ1) is 18.0. The van der Waals surface area contributed by atoms with Crippen LogP contribution >= 0.6 is 0 Å². The van der Waals surface area contributed by atoms with Crippen molar-refractivity contribution < 1.29 is 0 Å². The molecule has 21 heavy (non-hydrogen) atoms. The Hall–Kier alpha value is -1.06. The predicted molar refractivity (Wildman–Crippen MR) is 93.9 cm³/mol. The van der Waals surface area contributed by atoms with E-state index in [4.69, 9.17) is 5.73 Å². The van der Waals surface area contributed by atoms with Gasteiger partial charge < -0.3 is 10.6 Å². The number of benzene rings is 1. The minimum Gasteiger partial charge on any atom is -0.378 e. The summed E-state index contributed by atoms with van der Waals surface area (Å²) in [5.41, 5.74) is 8.69. The molecule has 1 aromatic carbocycles. The molecule has 0 saturated carbocycles. The molecule has 2 N–H and O–H groups in total. The zero-order chi connectivity index (χ0) is 16.0. The van der Waals surface area contributed by atoms with Crippen LogP contribution in [-0.2, 0) is 0 Å². The molecule has 0 aliphatic carbocycles. The van der Waals surface area contributed by atoms with Crippen LogP contribution in [0.2, 0.25) is 0 Å². The lowest BCUT2D eigenvalue weighted by molar-refractivity contribution is 0.140. The van der Waals surface area contributed by atoms with Gasteiger partial charge in [0.25, 0.3) is 0 Å². The molecule has 0 aromatic heterocycles. The summed E-state index contributed by atoms with van der Waals surface area (Å²) in [7, 11) is 4.15. The number of nitrogens with two attached hydrogens (primary N) is 1. The Morgan fingerprint density at radius 1 is 1.14 bits per heavy atom. The molecule has 0 heterocycles. The first-order valence-electron chi connectivity index (χ1n) is 8.02. The average molecular weight is 291 g/mol. The topological polar surface area (TPSA) is 32.5 Å². The van der Waals surface area contributed by atoms with Crippen molar-refractivity contribution in [2.24, 2.45) is 11.1 Å². The van der Waals surface area contributed by atoms with Gasteiger partial charge in [-0.2, -0.15) is 0 Å². The summed E-state index contributed by atoms with van der Waals surface area (Å²) >= 11 is 0. The van der Waals surface area contributed by atoms with E-state index in [1.54, 1.807) is 0 Å². The third kappa shape index (κ3) is 5.33. The van der Waals surface area contributed by atoms with E-state index in [-0.39, 0.29) is 5.41 Å². The largest absolute Gasteiger partial charge is 0.378 e. The van der Waals surface area contributed by atoms with Crippen LogP contribution in [0.4, 0.5) is 5.69 Å². The number of hydrogen-bond acceptors (Lipinski definition) is 3. The molecule has 1 unspecified atom stereocenters. The maximum absolute atomic E-state index is 5.91. The van der Waals surface area contributed by atoms with Crippen molar-refractivity contribution in [2.75, 3.05) is 38.6 Å².